The summed E-state index contributed by atoms with van der Waals surface area (Å²) in [7, 11) is 3.63. The van der Waals surface area contributed by atoms with Crippen molar-refractivity contribution in [1.82, 2.24) is 19.2 Å². The zero-order valence-electron chi connectivity index (χ0n) is 15.1. The van der Waals surface area contributed by atoms with Crippen molar-refractivity contribution >= 4 is 12.2 Å². The zero-order chi connectivity index (χ0) is 18.2. The van der Waals surface area contributed by atoms with Gasteiger partial charge in [0.25, 0.3) is 0 Å². The molecule has 1 aromatic heterocycles. The monoisotopic (exact) mass is 359 g/mol. The molecule has 0 radical (unpaired) electrons. The lowest BCUT2D eigenvalue weighted by molar-refractivity contribution is 0.257. The molecule has 0 amide bonds. The van der Waals surface area contributed by atoms with E-state index in [0.29, 0.717) is 24.4 Å². The van der Waals surface area contributed by atoms with E-state index in [9.17, 15) is 0 Å². The summed E-state index contributed by atoms with van der Waals surface area (Å²) in [5, 5.41) is 13.5. The van der Waals surface area contributed by atoms with Crippen LogP contribution in [0.1, 0.15) is 26.2 Å². The van der Waals surface area contributed by atoms with Crippen LogP contribution in [0.4, 0.5) is 0 Å². The Morgan fingerprint density at radius 3 is 2.64 bits per heavy atom. The van der Waals surface area contributed by atoms with Crippen LogP contribution in [-0.4, -0.2) is 39.9 Å². The van der Waals surface area contributed by atoms with Crippen LogP contribution in [0, 0.1) is 16.1 Å². The van der Waals surface area contributed by atoms with E-state index in [1.54, 1.807) is 7.11 Å². The third-order valence-corrected chi connectivity index (χ3v) is 4.42. The topological polar surface area (TPSA) is 59.0 Å². The number of benzene rings is 1. The summed E-state index contributed by atoms with van der Waals surface area (Å²) in [6, 6.07) is 10.0. The molecule has 1 heterocycles. The third kappa shape index (κ3) is 4.91. The SMILES string of the molecule is CCCCn1c(-c2ccc(OC)cc2)nn(CN(C)CCC#N)c1=S. The minimum atomic E-state index is 0.492. The summed E-state index contributed by atoms with van der Waals surface area (Å²) >= 11 is 5.65. The summed E-state index contributed by atoms with van der Waals surface area (Å²) < 4.78 is 9.88. The lowest BCUT2D eigenvalue weighted by Crippen LogP contribution is -2.24. The number of rotatable bonds is 9. The van der Waals surface area contributed by atoms with Crippen molar-refractivity contribution < 1.29 is 4.74 Å². The van der Waals surface area contributed by atoms with E-state index in [0.717, 1.165) is 36.5 Å². The van der Waals surface area contributed by atoms with Gasteiger partial charge in [0, 0.05) is 25.1 Å². The number of aromatic nitrogens is 3. The molecule has 2 rings (SSSR count). The Labute approximate surface area is 154 Å². The molecule has 0 saturated heterocycles. The van der Waals surface area contributed by atoms with Gasteiger partial charge >= 0.3 is 0 Å². The predicted molar refractivity (Wildman–Crippen MR) is 101 cm³/mol. The van der Waals surface area contributed by atoms with Crippen LogP contribution in [0.25, 0.3) is 11.4 Å². The number of methoxy groups -OCH3 is 1. The van der Waals surface area contributed by atoms with Crippen LogP contribution in [0.2, 0.25) is 0 Å². The van der Waals surface area contributed by atoms with Gasteiger partial charge in [-0.1, -0.05) is 13.3 Å². The van der Waals surface area contributed by atoms with Crippen molar-refractivity contribution in [3.05, 3.63) is 29.0 Å². The average molecular weight is 359 g/mol. The van der Waals surface area contributed by atoms with Crippen LogP contribution >= 0.6 is 12.2 Å². The maximum Gasteiger partial charge on any atom is 0.199 e. The van der Waals surface area contributed by atoms with Gasteiger partial charge in [0.2, 0.25) is 0 Å². The van der Waals surface area contributed by atoms with E-state index >= 15 is 0 Å². The molecule has 0 unspecified atom stereocenters. The van der Waals surface area contributed by atoms with Gasteiger partial charge in [0.15, 0.2) is 10.6 Å². The molecule has 0 spiro atoms. The summed E-state index contributed by atoms with van der Waals surface area (Å²) in [5.41, 5.74) is 1.02. The van der Waals surface area contributed by atoms with Gasteiger partial charge in [-0.05, 0) is 50.0 Å². The fourth-order valence-corrected chi connectivity index (χ4v) is 2.82. The molecule has 0 fully saturated rings. The van der Waals surface area contributed by atoms with Gasteiger partial charge in [0.05, 0.1) is 19.8 Å². The molecule has 0 aliphatic heterocycles. The first-order valence-electron chi connectivity index (χ1n) is 8.48. The highest BCUT2D eigenvalue weighted by molar-refractivity contribution is 7.71. The maximum atomic E-state index is 8.74. The van der Waals surface area contributed by atoms with Gasteiger partial charge in [0.1, 0.15) is 5.75 Å². The highest BCUT2D eigenvalue weighted by atomic mass is 32.1. The van der Waals surface area contributed by atoms with Crippen molar-refractivity contribution in [3.63, 3.8) is 0 Å². The quantitative estimate of drug-likeness (QED) is 0.639. The van der Waals surface area contributed by atoms with Crippen LogP contribution < -0.4 is 4.74 Å². The molecular weight excluding hydrogens is 334 g/mol. The Bertz CT molecular complexity index is 772. The van der Waals surface area contributed by atoms with Crippen LogP contribution in [0.3, 0.4) is 0 Å². The fraction of sp³-hybridized carbons (Fsp3) is 0.500. The summed E-state index contributed by atoms with van der Waals surface area (Å²) in [5.74, 6) is 1.69. The molecule has 0 N–H and O–H groups in total. The number of hydrogen-bond acceptors (Lipinski definition) is 5. The van der Waals surface area contributed by atoms with Crippen molar-refractivity contribution in [3.8, 4) is 23.2 Å². The van der Waals surface area contributed by atoms with Crippen molar-refractivity contribution in [2.45, 2.75) is 39.4 Å². The standard InChI is InChI=1S/C18H25N5OS/c1-4-5-13-22-17(15-7-9-16(24-3)10-8-15)20-23(18(22)25)14-21(2)12-6-11-19/h7-10H,4-6,12-14H2,1-3H3. The molecule has 1 aromatic carbocycles. The molecule has 25 heavy (non-hydrogen) atoms. The molecule has 2 aromatic rings. The molecule has 0 bridgehead atoms. The van der Waals surface area contributed by atoms with Gasteiger partial charge in [-0.25, -0.2) is 4.68 Å². The minimum absolute atomic E-state index is 0.492. The van der Waals surface area contributed by atoms with E-state index in [2.05, 4.69) is 17.6 Å². The molecular formula is C18H25N5OS. The normalized spacial score (nSPS) is 10.8. The number of unbranched alkanes of at least 4 members (excludes halogenated alkanes) is 1. The molecule has 0 aliphatic carbocycles. The lowest BCUT2D eigenvalue weighted by atomic mass is 10.2. The Hall–Kier alpha value is -2.17. The van der Waals surface area contributed by atoms with Gasteiger partial charge < -0.3 is 4.74 Å². The predicted octanol–water partition coefficient (Wildman–Crippen LogP) is 3.69. The smallest absolute Gasteiger partial charge is 0.199 e. The highest BCUT2D eigenvalue weighted by Crippen LogP contribution is 2.22. The number of ether oxygens (including phenoxy) is 1. The largest absolute Gasteiger partial charge is 0.497 e. The molecule has 7 heteroatoms. The van der Waals surface area contributed by atoms with Gasteiger partial charge in [-0.3, -0.25) is 9.47 Å². The number of hydrogen-bond donors (Lipinski definition) is 0. The second-order valence-electron chi connectivity index (χ2n) is 5.97. The number of nitrogens with zero attached hydrogens (tertiary/aromatic N) is 5. The van der Waals surface area contributed by atoms with Crippen LogP contribution in [0.5, 0.6) is 5.75 Å². The van der Waals surface area contributed by atoms with Gasteiger partial charge in [-0.2, -0.15) is 10.4 Å². The third-order valence-electron chi connectivity index (χ3n) is 3.99. The molecule has 134 valence electrons. The van der Waals surface area contributed by atoms with Crippen molar-refractivity contribution in [2.24, 2.45) is 0 Å². The molecule has 0 aliphatic rings. The van der Waals surface area contributed by atoms with Crippen LogP contribution in [0.15, 0.2) is 24.3 Å². The summed E-state index contributed by atoms with van der Waals surface area (Å²) in [6.45, 7) is 4.27. The van der Waals surface area contributed by atoms with Crippen LogP contribution in [-0.2, 0) is 13.2 Å². The second-order valence-corrected chi connectivity index (χ2v) is 6.33. The van der Waals surface area contributed by atoms with E-state index < -0.39 is 0 Å². The Balaban J connectivity index is 2.34. The molecule has 0 saturated carbocycles. The minimum Gasteiger partial charge on any atom is -0.497 e. The first-order chi connectivity index (χ1) is 12.1. The fourth-order valence-electron chi connectivity index (χ4n) is 2.54. The van der Waals surface area contributed by atoms with E-state index in [1.807, 2.05) is 40.9 Å². The van der Waals surface area contributed by atoms with E-state index in [-0.39, 0.29) is 0 Å². The molecule has 0 atom stereocenters. The zero-order valence-corrected chi connectivity index (χ0v) is 15.9. The van der Waals surface area contributed by atoms with E-state index in [4.69, 9.17) is 27.3 Å². The summed E-state index contributed by atoms with van der Waals surface area (Å²) in [6.07, 6.45) is 2.64. The number of nitriles is 1. The Morgan fingerprint density at radius 1 is 1.32 bits per heavy atom. The average Bonchev–Trinajstić information content (AvgIpc) is 2.94. The van der Waals surface area contributed by atoms with Crippen molar-refractivity contribution in [2.75, 3.05) is 20.7 Å². The Kier molecular flexibility index (Phi) is 7.16. The van der Waals surface area contributed by atoms with Crippen molar-refractivity contribution in [1.29, 1.82) is 5.26 Å². The summed E-state index contributed by atoms with van der Waals surface area (Å²) in [4.78, 5) is 2.05. The highest BCUT2D eigenvalue weighted by Gasteiger charge is 2.13. The maximum absolute atomic E-state index is 8.74. The Morgan fingerprint density at radius 2 is 2.04 bits per heavy atom. The van der Waals surface area contributed by atoms with E-state index in [1.165, 1.54) is 0 Å². The second kappa shape index (κ2) is 9.35. The first-order valence-corrected chi connectivity index (χ1v) is 8.89. The molecule has 6 nitrogen and oxygen atoms in total. The lowest BCUT2D eigenvalue weighted by Gasteiger charge is -2.14. The van der Waals surface area contributed by atoms with Gasteiger partial charge in [-0.15, -0.1) is 0 Å². The first kappa shape index (κ1) is 19.2.